The molecule has 0 amide bonds. The Hall–Kier alpha value is -2.35. The van der Waals surface area contributed by atoms with Gasteiger partial charge < -0.3 is 0 Å². The Morgan fingerprint density at radius 2 is 1.10 bits per heavy atom. The third kappa shape index (κ3) is 5.29. The number of nitrogens with zero attached hydrogens (tertiary/aromatic N) is 2. The van der Waals surface area contributed by atoms with Gasteiger partial charge in [-0.1, -0.05) is 91.8 Å². The van der Waals surface area contributed by atoms with Crippen molar-refractivity contribution in [2.75, 3.05) is 0 Å². The molecular weight excluding hydrogens is 376 g/mol. The molecule has 0 aliphatic heterocycles. The molecule has 0 atom stereocenters. The zero-order valence-electron chi connectivity index (χ0n) is 20.7. The summed E-state index contributed by atoms with van der Waals surface area (Å²) >= 11 is 0. The third-order valence-corrected chi connectivity index (χ3v) is 6.33. The predicted molar refractivity (Wildman–Crippen MR) is 131 cm³/mol. The fourth-order valence-corrected chi connectivity index (χ4v) is 4.70. The molecule has 3 aromatic rings. The quantitative estimate of drug-likeness (QED) is 0.344. The number of benzene rings is 2. The minimum Gasteiger partial charge on any atom is -0.232 e. The van der Waals surface area contributed by atoms with Gasteiger partial charge in [-0.15, -0.1) is 0 Å². The van der Waals surface area contributed by atoms with Crippen LogP contribution in [0.1, 0.15) is 112 Å². The maximum atomic E-state index is 3.48. The van der Waals surface area contributed by atoms with E-state index in [0.717, 1.165) is 13.1 Å². The molecule has 0 fully saturated rings. The van der Waals surface area contributed by atoms with E-state index in [-0.39, 0.29) is 0 Å². The van der Waals surface area contributed by atoms with Crippen LogP contribution in [0.4, 0.5) is 0 Å². The van der Waals surface area contributed by atoms with Crippen molar-refractivity contribution in [3.8, 4) is 0 Å². The topological polar surface area (TPSA) is 8.81 Å². The normalized spacial score (nSPS) is 12.0. The average Bonchev–Trinajstić information content (AvgIpc) is 3.14. The van der Waals surface area contributed by atoms with Gasteiger partial charge in [0.15, 0.2) is 0 Å². The maximum Gasteiger partial charge on any atom is 0.244 e. The Kier molecular flexibility index (Phi) is 7.41. The predicted octanol–water partition coefficient (Wildman–Crippen LogP) is 7.17. The highest BCUT2D eigenvalue weighted by Gasteiger charge is 2.19. The van der Waals surface area contributed by atoms with Crippen molar-refractivity contribution in [1.82, 2.24) is 4.57 Å². The van der Waals surface area contributed by atoms with Crippen LogP contribution in [0, 0.1) is 6.20 Å². The van der Waals surface area contributed by atoms with Crippen molar-refractivity contribution >= 4 is 0 Å². The molecule has 31 heavy (non-hydrogen) atoms. The monoisotopic (exact) mass is 416 g/mol. The molecule has 0 aliphatic carbocycles. The highest BCUT2D eigenvalue weighted by atomic mass is 15.1. The Morgan fingerprint density at radius 3 is 1.52 bits per heavy atom. The number of aromatic nitrogens is 2. The van der Waals surface area contributed by atoms with Crippen LogP contribution in [-0.2, 0) is 13.1 Å². The van der Waals surface area contributed by atoms with Crippen LogP contribution in [0.15, 0.2) is 48.9 Å². The van der Waals surface area contributed by atoms with Crippen LogP contribution in [0.2, 0.25) is 0 Å². The fourth-order valence-electron chi connectivity index (χ4n) is 4.70. The molecule has 0 spiro atoms. The van der Waals surface area contributed by atoms with E-state index < -0.39 is 0 Å². The van der Waals surface area contributed by atoms with Crippen LogP contribution in [-0.4, -0.2) is 4.57 Å². The fraction of sp³-hybridized carbons (Fsp3) is 0.483. The van der Waals surface area contributed by atoms with Crippen LogP contribution in [0.5, 0.6) is 0 Å². The largest absolute Gasteiger partial charge is 0.244 e. The molecule has 1 aromatic heterocycles. The van der Waals surface area contributed by atoms with E-state index in [1.165, 1.54) is 33.4 Å². The van der Waals surface area contributed by atoms with Gasteiger partial charge in [0.1, 0.15) is 19.3 Å². The molecule has 0 bridgehead atoms. The van der Waals surface area contributed by atoms with Gasteiger partial charge in [-0.25, -0.2) is 9.13 Å². The zero-order valence-corrected chi connectivity index (χ0v) is 20.7. The Balaban J connectivity index is 1.93. The minimum atomic E-state index is 0.517. The lowest BCUT2D eigenvalue weighted by atomic mass is 9.88. The molecule has 2 nitrogen and oxygen atoms in total. The molecule has 0 saturated carbocycles. The standard InChI is InChI=1S/C29H40N2/c1-20(2)24-11-9-12-25(21(3)4)28(24)17-30-15-16-31(19-30)18-29-26(22(5)6)13-10-14-27(29)23(7)8/h9-15,19-23H,17-18H2,1-8H3/q+1. The van der Waals surface area contributed by atoms with Crippen molar-refractivity contribution < 1.29 is 4.57 Å². The van der Waals surface area contributed by atoms with Crippen molar-refractivity contribution in [2.24, 2.45) is 0 Å². The van der Waals surface area contributed by atoms with Gasteiger partial charge in [-0.2, -0.15) is 0 Å². The first kappa shape index (κ1) is 23.3. The lowest BCUT2D eigenvalue weighted by Gasteiger charge is -2.18. The third-order valence-electron chi connectivity index (χ3n) is 6.33. The van der Waals surface area contributed by atoms with Crippen LogP contribution in [0.25, 0.3) is 0 Å². The summed E-state index contributed by atoms with van der Waals surface area (Å²) in [7, 11) is 0. The summed E-state index contributed by atoms with van der Waals surface area (Å²) in [5.74, 6) is 2.07. The van der Waals surface area contributed by atoms with Gasteiger partial charge in [-0.05, 0) is 45.9 Å². The molecule has 0 saturated heterocycles. The van der Waals surface area contributed by atoms with Crippen molar-refractivity contribution in [2.45, 2.75) is 92.2 Å². The Morgan fingerprint density at radius 1 is 0.677 bits per heavy atom. The van der Waals surface area contributed by atoms with E-state index in [1.54, 1.807) is 0 Å². The second-order valence-electron chi connectivity index (χ2n) is 10.1. The number of hydrogen-bond donors (Lipinski definition) is 0. The molecule has 0 aliphatic rings. The van der Waals surface area contributed by atoms with Crippen molar-refractivity contribution in [3.05, 3.63) is 88.5 Å². The van der Waals surface area contributed by atoms with E-state index >= 15 is 0 Å². The van der Waals surface area contributed by atoms with Gasteiger partial charge in [0, 0.05) is 11.1 Å². The Labute approximate surface area is 190 Å². The van der Waals surface area contributed by atoms with E-state index in [9.17, 15) is 0 Å². The van der Waals surface area contributed by atoms with Gasteiger partial charge >= 0.3 is 0 Å². The average molecular weight is 417 g/mol. The van der Waals surface area contributed by atoms with Gasteiger partial charge in [0.05, 0.1) is 0 Å². The zero-order chi connectivity index (χ0) is 22.7. The summed E-state index contributed by atoms with van der Waals surface area (Å²) < 4.78 is 4.51. The molecule has 3 rings (SSSR count). The van der Waals surface area contributed by atoms with E-state index in [2.05, 4.69) is 120 Å². The van der Waals surface area contributed by atoms with Crippen molar-refractivity contribution in [1.29, 1.82) is 0 Å². The molecule has 0 unspecified atom stereocenters. The number of imidazole rings is 1. The van der Waals surface area contributed by atoms with Gasteiger partial charge in [0.2, 0.25) is 12.5 Å². The Bertz CT molecular complexity index is 873. The first-order valence-electron chi connectivity index (χ1n) is 11.9. The summed E-state index contributed by atoms with van der Waals surface area (Å²) in [6.07, 6.45) is 7.81. The molecule has 2 aromatic carbocycles. The van der Waals surface area contributed by atoms with Crippen LogP contribution in [0.3, 0.4) is 0 Å². The number of hydrogen-bond acceptors (Lipinski definition) is 0. The molecule has 1 radical (unpaired) electrons. The second kappa shape index (κ2) is 9.85. The highest BCUT2D eigenvalue weighted by molar-refractivity contribution is 5.40. The van der Waals surface area contributed by atoms with Gasteiger partial charge in [0.25, 0.3) is 0 Å². The first-order valence-corrected chi connectivity index (χ1v) is 11.9. The van der Waals surface area contributed by atoms with E-state index in [1.807, 2.05) is 0 Å². The van der Waals surface area contributed by atoms with Crippen molar-refractivity contribution in [3.63, 3.8) is 0 Å². The molecule has 2 heteroatoms. The summed E-state index contributed by atoms with van der Waals surface area (Å²) in [5, 5.41) is 0. The maximum absolute atomic E-state index is 3.48. The van der Waals surface area contributed by atoms with E-state index in [0.29, 0.717) is 23.7 Å². The first-order chi connectivity index (χ1) is 14.7. The van der Waals surface area contributed by atoms with Crippen LogP contribution >= 0.6 is 0 Å². The van der Waals surface area contributed by atoms with Gasteiger partial charge in [-0.3, -0.25) is 0 Å². The summed E-state index contributed by atoms with van der Waals surface area (Å²) in [4.78, 5) is 0. The highest BCUT2D eigenvalue weighted by Crippen LogP contribution is 2.29. The second-order valence-corrected chi connectivity index (χ2v) is 10.1. The lowest BCUT2D eigenvalue weighted by molar-refractivity contribution is -0.691. The van der Waals surface area contributed by atoms with Crippen LogP contribution < -0.4 is 4.57 Å². The molecular formula is C29H40N2+. The summed E-state index contributed by atoms with van der Waals surface area (Å²) in [5.41, 5.74) is 8.74. The lowest BCUT2D eigenvalue weighted by Crippen LogP contribution is -2.33. The number of rotatable bonds is 8. The SMILES string of the molecule is CC(C)c1cccc(C(C)C)c1Cn1c[c][n+](Cc2c(C(C)C)cccc2C(C)C)c1. The smallest absolute Gasteiger partial charge is 0.232 e. The van der Waals surface area contributed by atoms with E-state index in [4.69, 9.17) is 0 Å². The summed E-state index contributed by atoms with van der Waals surface area (Å²) in [6.45, 7) is 20.1. The molecule has 165 valence electrons. The molecule has 1 heterocycles. The summed E-state index contributed by atoms with van der Waals surface area (Å²) in [6, 6.07) is 13.6. The minimum absolute atomic E-state index is 0.517. The molecule has 0 N–H and O–H groups in total.